The van der Waals surface area contributed by atoms with E-state index in [0.29, 0.717) is 0 Å². The van der Waals surface area contributed by atoms with Crippen molar-refractivity contribution in [2.75, 3.05) is 24.2 Å². The first kappa shape index (κ1) is 11.3. The number of aromatic nitrogens is 1. The van der Waals surface area contributed by atoms with Crippen molar-refractivity contribution < 1.29 is 5.11 Å². The Morgan fingerprint density at radius 2 is 2.36 bits per heavy atom. The van der Waals surface area contributed by atoms with Gasteiger partial charge < -0.3 is 10.4 Å². The number of thioether (sulfide) groups is 1. The Kier molecular flexibility index (Phi) is 5.40. The van der Waals surface area contributed by atoms with E-state index in [1.165, 1.54) is 5.56 Å². The number of hydrogen-bond donors (Lipinski definition) is 2. The van der Waals surface area contributed by atoms with Crippen LogP contribution in [0.25, 0.3) is 0 Å². The molecular weight excluding hydrogens is 196 g/mol. The molecule has 1 aromatic rings. The van der Waals surface area contributed by atoms with Gasteiger partial charge in [-0.05, 0) is 18.6 Å². The fraction of sp³-hybridized carbons (Fsp3) is 0.500. The number of nitrogens with one attached hydrogen (secondary N) is 1. The third kappa shape index (κ3) is 3.98. The molecule has 0 aliphatic rings. The summed E-state index contributed by atoms with van der Waals surface area (Å²) in [7, 11) is 0. The molecule has 0 atom stereocenters. The maximum atomic E-state index is 8.61. The van der Waals surface area contributed by atoms with Crippen LogP contribution in [0, 0.1) is 0 Å². The highest BCUT2D eigenvalue weighted by Crippen LogP contribution is 2.12. The van der Waals surface area contributed by atoms with Crippen LogP contribution in [0.15, 0.2) is 18.3 Å². The van der Waals surface area contributed by atoms with E-state index in [0.717, 1.165) is 23.9 Å². The zero-order valence-corrected chi connectivity index (χ0v) is 9.18. The highest BCUT2D eigenvalue weighted by Gasteiger charge is 1.95. The summed E-state index contributed by atoms with van der Waals surface area (Å²) in [6, 6.07) is 4.05. The molecule has 3 nitrogen and oxygen atoms in total. The zero-order chi connectivity index (χ0) is 10.2. The van der Waals surface area contributed by atoms with Gasteiger partial charge in [-0.3, -0.25) is 0 Å². The van der Waals surface area contributed by atoms with Gasteiger partial charge in [-0.2, -0.15) is 11.8 Å². The summed E-state index contributed by atoms with van der Waals surface area (Å²) >= 11 is 1.72. The van der Waals surface area contributed by atoms with Gasteiger partial charge in [0.15, 0.2) is 0 Å². The molecule has 4 heteroatoms. The predicted octanol–water partition coefficient (Wildman–Crippen LogP) is 1.74. The lowest BCUT2D eigenvalue weighted by Gasteiger charge is -2.03. The highest BCUT2D eigenvalue weighted by atomic mass is 32.2. The van der Waals surface area contributed by atoms with Crippen LogP contribution in [0.1, 0.15) is 12.5 Å². The maximum Gasteiger partial charge on any atom is 0.125 e. The molecule has 1 heterocycles. The Hall–Kier alpha value is -0.740. The molecular formula is C10H16N2OS. The molecule has 2 N–H and O–H groups in total. The van der Waals surface area contributed by atoms with Crippen LogP contribution in [0.2, 0.25) is 0 Å². The quantitative estimate of drug-likeness (QED) is 0.705. The van der Waals surface area contributed by atoms with E-state index in [2.05, 4.69) is 16.4 Å². The third-order valence-corrected chi connectivity index (χ3v) is 2.70. The lowest BCUT2D eigenvalue weighted by atomic mass is 10.3. The van der Waals surface area contributed by atoms with Crippen molar-refractivity contribution in [2.24, 2.45) is 0 Å². The molecule has 0 spiro atoms. The second-order valence-electron chi connectivity index (χ2n) is 2.86. The van der Waals surface area contributed by atoms with Gasteiger partial charge in [0, 0.05) is 24.2 Å². The Balaban J connectivity index is 2.38. The fourth-order valence-electron chi connectivity index (χ4n) is 1.05. The van der Waals surface area contributed by atoms with Crippen LogP contribution < -0.4 is 5.32 Å². The van der Waals surface area contributed by atoms with Crippen LogP contribution in [0.5, 0.6) is 0 Å². The molecule has 78 valence electrons. The second kappa shape index (κ2) is 6.68. The maximum absolute atomic E-state index is 8.61. The minimum absolute atomic E-state index is 0.244. The van der Waals surface area contributed by atoms with Gasteiger partial charge in [-0.1, -0.05) is 6.07 Å². The summed E-state index contributed by atoms with van der Waals surface area (Å²) in [5.41, 5.74) is 1.20. The van der Waals surface area contributed by atoms with E-state index in [1.807, 2.05) is 19.2 Å². The topological polar surface area (TPSA) is 45.1 Å². The predicted molar refractivity (Wildman–Crippen MR) is 61.6 cm³/mol. The van der Waals surface area contributed by atoms with Gasteiger partial charge in [-0.15, -0.1) is 0 Å². The summed E-state index contributed by atoms with van der Waals surface area (Å²) in [6.45, 7) is 3.19. The van der Waals surface area contributed by atoms with Crippen LogP contribution in [0.4, 0.5) is 5.82 Å². The van der Waals surface area contributed by atoms with Crippen molar-refractivity contribution in [1.29, 1.82) is 0 Å². The van der Waals surface area contributed by atoms with E-state index < -0.39 is 0 Å². The largest absolute Gasteiger partial charge is 0.396 e. The molecule has 0 saturated carbocycles. The molecule has 0 aliphatic heterocycles. The number of anilines is 1. The van der Waals surface area contributed by atoms with E-state index in [9.17, 15) is 0 Å². The SMILES string of the molecule is CCNc1ccc(CSCCO)cn1. The van der Waals surface area contributed by atoms with E-state index >= 15 is 0 Å². The van der Waals surface area contributed by atoms with Crippen molar-refractivity contribution in [3.8, 4) is 0 Å². The Bertz CT molecular complexity index is 251. The number of rotatable bonds is 6. The third-order valence-electron chi connectivity index (χ3n) is 1.69. The molecule has 0 radical (unpaired) electrons. The Labute approximate surface area is 88.9 Å². The van der Waals surface area contributed by atoms with Crippen molar-refractivity contribution in [2.45, 2.75) is 12.7 Å². The van der Waals surface area contributed by atoms with Gasteiger partial charge in [0.2, 0.25) is 0 Å². The fourth-order valence-corrected chi connectivity index (χ4v) is 1.73. The summed E-state index contributed by atoms with van der Waals surface area (Å²) < 4.78 is 0. The van der Waals surface area contributed by atoms with Crippen molar-refractivity contribution in [1.82, 2.24) is 4.98 Å². The number of aliphatic hydroxyl groups excluding tert-OH is 1. The van der Waals surface area contributed by atoms with Crippen molar-refractivity contribution in [3.63, 3.8) is 0 Å². The average Bonchev–Trinajstić information content (AvgIpc) is 2.21. The standard InChI is InChI=1S/C10H16N2OS/c1-2-11-10-4-3-9(7-12-10)8-14-6-5-13/h3-4,7,13H,2,5-6,8H2,1H3,(H,11,12). The van der Waals surface area contributed by atoms with E-state index in [1.54, 1.807) is 11.8 Å². The zero-order valence-electron chi connectivity index (χ0n) is 8.36. The van der Waals surface area contributed by atoms with Crippen LogP contribution in [-0.2, 0) is 5.75 Å². The summed E-state index contributed by atoms with van der Waals surface area (Å²) in [4.78, 5) is 4.26. The Morgan fingerprint density at radius 1 is 1.50 bits per heavy atom. The molecule has 0 saturated heterocycles. The Morgan fingerprint density at radius 3 is 2.93 bits per heavy atom. The van der Waals surface area contributed by atoms with Crippen LogP contribution in [0.3, 0.4) is 0 Å². The molecule has 1 rings (SSSR count). The molecule has 0 aromatic carbocycles. The summed E-state index contributed by atoms with van der Waals surface area (Å²) in [5, 5.41) is 11.8. The van der Waals surface area contributed by atoms with Crippen molar-refractivity contribution in [3.05, 3.63) is 23.9 Å². The molecule has 0 bridgehead atoms. The van der Waals surface area contributed by atoms with E-state index in [4.69, 9.17) is 5.11 Å². The monoisotopic (exact) mass is 212 g/mol. The number of pyridine rings is 1. The molecule has 1 aromatic heterocycles. The normalized spacial score (nSPS) is 10.1. The first-order chi connectivity index (χ1) is 6.86. The lowest BCUT2D eigenvalue weighted by Crippen LogP contribution is -1.99. The first-order valence-corrected chi connectivity index (χ1v) is 5.89. The second-order valence-corrected chi connectivity index (χ2v) is 3.96. The van der Waals surface area contributed by atoms with Gasteiger partial charge >= 0.3 is 0 Å². The summed E-state index contributed by atoms with van der Waals surface area (Å²) in [5.74, 6) is 2.62. The highest BCUT2D eigenvalue weighted by molar-refractivity contribution is 7.98. The van der Waals surface area contributed by atoms with Gasteiger partial charge in [0.1, 0.15) is 5.82 Å². The molecule has 0 aliphatic carbocycles. The first-order valence-electron chi connectivity index (χ1n) is 4.74. The van der Waals surface area contributed by atoms with Crippen molar-refractivity contribution >= 4 is 17.6 Å². The van der Waals surface area contributed by atoms with Crippen LogP contribution >= 0.6 is 11.8 Å². The average molecular weight is 212 g/mol. The molecule has 0 amide bonds. The van der Waals surface area contributed by atoms with Gasteiger partial charge in [-0.25, -0.2) is 4.98 Å². The van der Waals surface area contributed by atoms with Crippen LogP contribution in [-0.4, -0.2) is 29.0 Å². The van der Waals surface area contributed by atoms with E-state index in [-0.39, 0.29) is 6.61 Å². The molecule has 0 fully saturated rings. The number of aliphatic hydroxyl groups is 1. The minimum Gasteiger partial charge on any atom is -0.396 e. The number of nitrogens with zero attached hydrogens (tertiary/aromatic N) is 1. The summed E-state index contributed by atoms with van der Waals surface area (Å²) in [6.07, 6.45) is 1.88. The lowest BCUT2D eigenvalue weighted by molar-refractivity contribution is 0.322. The number of hydrogen-bond acceptors (Lipinski definition) is 4. The molecule has 14 heavy (non-hydrogen) atoms. The minimum atomic E-state index is 0.244. The van der Waals surface area contributed by atoms with Gasteiger partial charge in [0.05, 0.1) is 6.61 Å². The molecule has 0 unspecified atom stereocenters. The van der Waals surface area contributed by atoms with Gasteiger partial charge in [0.25, 0.3) is 0 Å². The smallest absolute Gasteiger partial charge is 0.125 e.